The molecule has 0 bridgehead atoms. The van der Waals surface area contributed by atoms with Crippen molar-refractivity contribution in [2.45, 2.75) is 19.0 Å². The second-order valence-electron chi connectivity index (χ2n) is 4.13. The minimum absolute atomic E-state index is 0.0712. The fourth-order valence-electron chi connectivity index (χ4n) is 1.36. The number of aliphatic carboxylic acids is 1. The summed E-state index contributed by atoms with van der Waals surface area (Å²) in [5.74, 6) is -0.962. The highest BCUT2D eigenvalue weighted by Gasteiger charge is 2.29. The Morgan fingerprint density at radius 3 is 2.24 bits per heavy atom. The number of carboxylic acids is 1. The summed E-state index contributed by atoms with van der Waals surface area (Å²) in [5.41, 5.74) is 0.743. The van der Waals surface area contributed by atoms with Gasteiger partial charge in [-0.15, -0.1) is 0 Å². The first-order chi connectivity index (χ1) is 9.57. The number of anilines is 1. The Labute approximate surface area is 119 Å². The molecule has 118 valence electrons. The van der Waals surface area contributed by atoms with Crippen LogP contribution in [0.2, 0.25) is 0 Å². The molecule has 10 heteroatoms. The lowest BCUT2D eigenvalue weighted by molar-refractivity contribution is -0.137. The predicted octanol–water partition coefficient (Wildman–Crippen LogP) is 1.51. The van der Waals surface area contributed by atoms with Gasteiger partial charge in [0.2, 0.25) is 0 Å². The van der Waals surface area contributed by atoms with Gasteiger partial charge in [0.1, 0.15) is 6.54 Å². The van der Waals surface area contributed by atoms with Crippen LogP contribution in [0, 0.1) is 0 Å². The Kier molecular flexibility index (Phi) is 5.55. The molecule has 0 saturated carbocycles. The van der Waals surface area contributed by atoms with Crippen LogP contribution in [-0.4, -0.2) is 32.2 Å². The fraction of sp³-hybridized carbons (Fsp3) is 0.364. The molecule has 0 spiro atoms. The molecule has 0 aliphatic carbocycles. The van der Waals surface area contributed by atoms with Gasteiger partial charge >= 0.3 is 12.1 Å². The van der Waals surface area contributed by atoms with Gasteiger partial charge in [-0.25, -0.2) is 0 Å². The molecule has 0 amide bonds. The summed E-state index contributed by atoms with van der Waals surface area (Å²) >= 11 is 0. The number of nitrogens with one attached hydrogen (secondary N) is 2. The first kappa shape index (κ1) is 17.2. The molecule has 3 N–H and O–H groups in total. The maximum atomic E-state index is 11.9. The fourth-order valence-corrected chi connectivity index (χ4v) is 2.23. The average molecular weight is 326 g/mol. The minimum Gasteiger partial charge on any atom is -0.481 e. The monoisotopic (exact) mass is 326 g/mol. The van der Waals surface area contributed by atoms with E-state index in [1.54, 1.807) is 0 Å². The third-order valence-electron chi connectivity index (χ3n) is 2.30. The van der Waals surface area contributed by atoms with Crippen LogP contribution in [-0.2, 0) is 21.4 Å². The molecule has 0 aliphatic rings. The van der Waals surface area contributed by atoms with Gasteiger partial charge in [0.05, 0.1) is 0 Å². The van der Waals surface area contributed by atoms with Crippen molar-refractivity contribution in [2.75, 3.05) is 11.3 Å². The van der Waals surface area contributed by atoms with Gasteiger partial charge in [-0.1, -0.05) is 12.1 Å². The summed E-state index contributed by atoms with van der Waals surface area (Å²) in [6.45, 7) is -1.67. The van der Waals surface area contributed by atoms with Crippen molar-refractivity contribution in [1.82, 2.24) is 4.72 Å². The Bertz CT molecular complexity index is 584. The zero-order valence-corrected chi connectivity index (χ0v) is 11.5. The number of alkyl halides is 3. The van der Waals surface area contributed by atoms with Crippen LogP contribution in [0.25, 0.3) is 0 Å². The molecule has 0 aromatic heterocycles. The molecule has 0 saturated heterocycles. The van der Waals surface area contributed by atoms with Crippen LogP contribution >= 0.6 is 0 Å². The van der Waals surface area contributed by atoms with Crippen LogP contribution in [0.15, 0.2) is 24.3 Å². The number of aryl methyl sites for hydroxylation is 1. The van der Waals surface area contributed by atoms with Gasteiger partial charge in [-0.2, -0.15) is 26.3 Å². The minimum atomic E-state index is -4.64. The van der Waals surface area contributed by atoms with Crippen molar-refractivity contribution in [2.24, 2.45) is 0 Å². The van der Waals surface area contributed by atoms with Crippen molar-refractivity contribution >= 4 is 21.9 Å². The normalized spacial score (nSPS) is 12.1. The second kappa shape index (κ2) is 6.76. The van der Waals surface area contributed by atoms with Gasteiger partial charge in [0.25, 0.3) is 10.2 Å². The van der Waals surface area contributed by atoms with E-state index >= 15 is 0 Å². The number of halogens is 3. The second-order valence-corrected chi connectivity index (χ2v) is 5.63. The number of hydrogen-bond donors (Lipinski definition) is 3. The van der Waals surface area contributed by atoms with Gasteiger partial charge in [-0.05, 0) is 24.1 Å². The van der Waals surface area contributed by atoms with E-state index in [-0.39, 0.29) is 18.5 Å². The van der Waals surface area contributed by atoms with Crippen molar-refractivity contribution in [1.29, 1.82) is 0 Å². The van der Waals surface area contributed by atoms with E-state index < -0.39 is 28.9 Å². The molecule has 1 aromatic rings. The Morgan fingerprint density at radius 2 is 1.76 bits per heavy atom. The van der Waals surface area contributed by atoms with E-state index in [2.05, 4.69) is 0 Å². The molecule has 21 heavy (non-hydrogen) atoms. The number of carbonyl (C=O) groups is 1. The van der Waals surface area contributed by atoms with Crippen molar-refractivity contribution in [3.8, 4) is 0 Å². The van der Waals surface area contributed by atoms with Gasteiger partial charge < -0.3 is 5.11 Å². The topological polar surface area (TPSA) is 95.5 Å². The summed E-state index contributed by atoms with van der Waals surface area (Å²) in [7, 11) is -4.32. The standard InChI is InChI=1S/C11H13F3N2O4S/c12-11(13,14)7-15-21(19,20)16-9-4-1-8(2-5-9)3-6-10(17)18/h1-2,4-5,15-16H,3,6-7H2,(H,17,18). The number of benzene rings is 1. The highest BCUT2D eigenvalue weighted by atomic mass is 32.2. The van der Waals surface area contributed by atoms with E-state index in [1.165, 1.54) is 29.0 Å². The van der Waals surface area contributed by atoms with E-state index in [0.717, 1.165) is 0 Å². The first-order valence-electron chi connectivity index (χ1n) is 5.72. The van der Waals surface area contributed by atoms with E-state index in [1.807, 2.05) is 4.72 Å². The molecule has 0 heterocycles. The van der Waals surface area contributed by atoms with Crippen LogP contribution < -0.4 is 9.44 Å². The van der Waals surface area contributed by atoms with Gasteiger partial charge in [-0.3, -0.25) is 9.52 Å². The van der Waals surface area contributed by atoms with Gasteiger partial charge in [0, 0.05) is 12.1 Å². The van der Waals surface area contributed by atoms with Crippen LogP contribution in [0.3, 0.4) is 0 Å². The lowest BCUT2D eigenvalue weighted by atomic mass is 10.1. The molecule has 0 unspecified atom stereocenters. The third kappa shape index (κ3) is 7.51. The number of carboxylic acid groups (broad SMARTS) is 1. The molecule has 0 aliphatic heterocycles. The summed E-state index contributed by atoms with van der Waals surface area (Å²) in [5, 5.41) is 8.52. The predicted molar refractivity (Wildman–Crippen MR) is 69.0 cm³/mol. The quantitative estimate of drug-likeness (QED) is 0.708. The Morgan fingerprint density at radius 1 is 1.19 bits per heavy atom. The van der Waals surface area contributed by atoms with Crippen LogP contribution in [0.1, 0.15) is 12.0 Å². The smallest absolute Gasteiger partial charge is 0.402 e. The van der Waals surface area contributed by atoms with Crippen molar-refractivity contribution < 1.29 is 31.5 Å². The maximum Gasteiger partial charge on any atom is 0.402 e. The van der Waals surface area contributed by atoms with Crippen LogP contribution in [0.4, 0.5) is 18.9 Å². The Balaban J connectivity index is 2.60. The zero-order chi connectivity index (χ0) is 16.1. The summed E-state index contributed by atoms with van der Waals surface area (Å²) in [6.07, 6.45) is -4.44. The third-order valence-corrected chi connectivity index (χ3v) is 3.33. The van der Waals surface area contributed by atoms with Gasteiger partial charge in [0.15, 0.2) is 0 Å². The molecule has 1 rings (SSSR count). The average Bonchev–Trinajstić information content (AvgIpc) is 2.35. The maximum absolute atomic E-state index is 11.9. The SMILES string of the molecule is O=C(O)CCc1ccc(NS(=O)(=O)NCC(F)(F)F)cc1. The van der Waals surface area contributed by atoms with Crippen molar-refractivity contribution in [3.63, 3.8) is 0 Å². The summed E-state index contributed by atoms with van der Waals surface area (Å²) in [6, 6.07) is 5.66. The summed E-state index contributed by atoms with van der Waals surface area (Å²) in [4.78, 5) is 10.4. The summed E-state index contributed by atoms with van der Waals surface area (Å²) < 4.78 is 61.8. The first-order valence-corrected chi connectivity index (χ1v) is 7.21. The van der Waals surface area contributed by atoms with E-state index in [4.69, 9.17) is 5.11 Å². The largest absolute Gasteiger partial charge is 0.481 e. The highest BCUT2D eigenvalue weighted by molar-refractivity contribution is 7.90. The zero-order valence-electron chi connectivity index (χ0n) is 10.6. The molecular formula is C11H13F3N2O4S. The molecule has 0 radical (unpaired) electrons. The van der Waals surface area contributed by atoms with E-state index in [0.29, 0.717) is 5.56 Å². The molecule has 6 nitrogen and oxygen atoms in total. The van der Waals surface area contributed by atoms with E-state index in [9.17, 15) is 26.4 Å². The lowest BCUT2D eigenvalue weighted by Crippen LogP contribution is -2.37. The molecular weight excluding hydrogens is 313 g/mol. The number of rotatable bonds is 7. The highest BCUT2D eigenvalue weighted by Crippen LogP contribution is 2.15. The Hall–Kier alpha value is -1.81. The van der Waals surface area contributed by atoms with Crippen molar-refractivity contribution in [3.05, 3.63) is 29.8 Å². The number of hydrogen-bond acceptors (Lipinski definition) is 3. The molecule has 0 fully saturated rings. The molecule has 1 aromatic carbocycles. The lowest BCUT2D eigenvalue weighted by Gasteiger charge is -2.11. The molecule has 0 atom stereocenters. The van der Waals surface area contributed by atoms with Crippen LogP contribution in [0.5, 0.6) is 0 Å².